The van der Waals surface area contributed by atoms with Gasteiger partial charge in [0.15, 0.2) is 0 Å². The predicted octanol–water partition coefficient (Wildman–Crippen LogP) is 5.86. The molecule has 0 unspecified atom stereocenters. The third-order valence-corrected chi connectivity index (χ3v) is 7.19. The summed E-state index contributed by atoms with van der Waals surface area (Å²) in [4.78, 5) is 29.7. The number of benzene rings is 2. The Morgan fingerprint density at radius 2 is 1.72 bits per heavy atom. The first-order valence-corrected chi connectivity index (χ1v) is 11.8. The van der Waals surface area contributed by atoms with Crippen molar-refractivity contribution in [2.24, 2.45) is 0 Å². The van der Waals surface area contributed by atoms with E-state index in [1.807, 2.05) is 64.9 Å². The van der Waals surface area contributed by atoms with Crippen LogP contribution in [-0.4, -0.2) is 38.8 Å². The summed E-state index contributed by atoms with van der Waals surface area (Å²) < 4.78 is 0. The Bertz CT molecular complexity index is 1380. The van der Waals surface area contributed by atoms with Crippen molar-refractivity contribution in [3.63, 3.8) is 0 Å². The van der Waals surface area contributed by atoms with E-state index >= 15 is 0 Å². The Morgan fingerprint density at radius 3 is 2.50 bits per heavy atom. The van der Waals surface area contributed by atoms with Gasteiger partial charge >= 0.3 is 0 Å². The van der Waals surface area contributed by atoms with Crippen LogP contribution in [0.4, 0.5) is 0 Å². The van der Waals surface area contributed by atoms with Gasteiger partial charge in [-0.1, -0.05) is 36.4 Å². The highest BCUT2D eigenvalue weighted by atomic mass is 32.1. The van der Waals surface area contributed by atoms with Crippen molar-refractivity contribution in [1.29, 1.82) is 0 Å². The Hall–Kier alpha value is -3.51. The number of carbonyl (C=O) groups is 1. The normalized spacial score (nSPS) is 14.9. The molecule has 2 aromatic carbocycles. The molecule has 4 heterocycles. The maximum absolute atomic E-state index is 13.6. The van der Waals surface area contributed by atoms with Gasteiger partial charge in [-0.3, -0.25) is 4.79 Å². The minimum Gasteiger partial charge on any atom is -0.342 e. The lowest BCUT2D eigenvalue weighted by atomic mass is 9.95. The molecule has 5 nitrogen and oxygen atoms in total. The number of amides is 1. The monoisotopic (exact) mass is 438 g/mol. The number of aromatic nitrogens is 3. The fourth-order valence-corrected chi connectivity index (χ4v) is 5.28. The predicted molar refractivity (Wildman–Crippen MR) is 129 cm³/mol. The zero-order valence-corrected chi connectivity index (χ0v) is 18.3. The van der Waals surface area contributed by atoms with Crippen LogP contribution in [-0.2, 0) is 0 Å². The van der Waals surface area contributed by atoms with E-state index in [1.165, 1.54) is 0 Å². The second kappa shape index (κ2) is 7.88. The highest BCUT2D eigenvalue weighted by Gasteiger charge is 2.27. The second-order valence-electron chi connectivity index (χ2n) is 8.26. The maximum atomic E-state index is 13.6. The van der Waals surface area contributed by atoms with Crippen molar-refractivity contribution in [1.82, 2.24) is 19.9 Å². The van der Waals surface area contributed by atoms with Crippen molar-refractivity contribution in [3.05, 3.63) is 83.5 Å². The van der Waals surface area contributed by atoms with Crippen LogP contribution in [0.2, 0.25) is 0 Å². The van der Waals surface area contributed by atoms with Gasteiger partial charge in [0.05, 0.1) is 32.7 Å². The number of fused-ring (bicyclic) bond motifs is 2. The Kier molecular flexibility index (Phi) is 4.72. The number of nitrogens with one attached hydrogen (secondary N) is 1. The number of hydrogen-bond donors (Lipinski definition) is 1. The first-order valence-electron chi connectivity index (χ1n) is 10.9. The van der Waals surface area contributed by atoms with Crippen LogP contribution in [0.1, 0.15) is 34.9 Å². The standard InChI is InChI=1S/C26H22N4OS/c31-26(19-16-23(24-10-5-15-32-24)27-20-7-2-1-6-18(19)20)30-13-11-17(12-14-30)25-28-21-8-3-4-9-22(21)29-25/h1-10,15-17H,11-14H2,(H,28,29). The number of imidazole rings is 1. The van der Waals surface area contributed by atoms with E-state index in [9.17, 15) is 4.79 Å². The molecule has 1 N–H and O–H groups in total. The van der Waals surface area contributed by atoms with Crippen LogP contribution in [0, 0.1) is 0 Å². The van der Waals surface area contributed by atoms with Crippen LogP contribution < -0.4 is 0 Å². The van der Waals surface area contributed by atoms with Gasteiger partial charge in [0.25, 0.3) is 5.91 Å². The molecule has 1 aliphatic rings. The molecular weight excluding hydrogens is 416 g/mol. The van der Waals surface area contributed by atoms with Crippen molar-refractivity contribution in [2.45, 2.75) is 18.8 Å². The van der Waals surface area contributed by atoms with Gasteiger partial charge in [-0.2, -0.15) is 0 Å². The fraction of sp³-hybridized carbons (Fsp3) is 0.192. The molecule has 158 valence electrons. The molecule has 0 spiro atoms. The zero-order chi connectivity index (χ0) is 21.5. The molecule has 1 aliphatic heterocycles. The molecule has 0 radical (unpaired) electrons. The lowest BCUT2D eigenvalue weighted by Crippen LogP contribution is -2.38. The molecule has 32 heavy (non-hydrogen) atoms. The van der Waals surface area contributed by atoms with Crippen molar-refractivity contribution in [2.75, 3.05) is 13.1 Å². The van der Waals surface area contributed by atoms with Crippen LogP contribution in [0.5, 0.6) is 0 Å². The van der Waals surface area contributed by atoms with E-state index in [4.69, 9.17) is 9.97 Å². The molecule has 5 aromatic rings. The van der Waals surface area contributed by atoms with E-state index in [2.05, 4.69) is 17.1 Å². The Balaban J connectivity index is 1.27. The molecule has 0 bridgehead atoms. The van der Waals surface area contributed by atoms with Crippen molar-refractivity contribution >= 4 is 39.2 Å². The summed E-state index contributed by atoms with van der Waals surface area (Å²) in [5, 5.41) is 2.95. The number of pyridine rings is 1. The fourth-order valence-electron chi connectivity index (χ4n) is 4.60. The SMILES string of the molecule is O=C(c1cc(-c2cccs2)nc2ccccc12)N1CCC(c2nc3ccccc3[nH]2)CC1. The van der Waals surface area contributed by atoms with Gasteiger partial charge in [0, 0.05) is 24.4 Å². The number of carbonyl (C=O) groups excluding carboxylic acids is 1. The first-order chi connectivity index (χ1) is 15.8. The molecule has 0 saturated carbocycles. The minimum absolute atomic E-state index is 0.0875. The highest BCUT2D eigenvalue weighted by molar-refractivity contribution is 7.13. The lowest BCUT2D eigenvalue weighted by molar-refractivity contribution is 0.0713. The molecule has 1 amide bonds. The van der Waals surface area contributed by atoms with Crippen LogP contribution in [0.25, 0.3) is 32.5 Å². The smallest absolute Gasteiger partial charge is 0.254 e. The third-order valence-electron chi connectivity index (χ3n) is 6.30. The molecule has 1 fully saturated rings. The highest BCUT2D eigenvalue weighted by Crippen LogP contribution is 2.31. The molecule has 0 aliphatic carbocycles. The zero-order valence-electron chi connectivity index (χ0n) is 17.5. The summed E-state index contributed by atoms with van der Waals surface area (Å²) in [5.41, 5.74) is 4.54. The molecule has 6 rings (SSSR count). The first kappa shape index (κ1) is 19.2. The second-order valence-corrected chi connectivity index (χ2v) is 9.20. The minimum atomic E-state index is 0.0875. The molecule has 6 heteroatoms. The number of nitrogens with zero attached hydrogens (tertiary/aromatic N) is 3. The van der Waals surface area contributed by atoms with Crippen molar-refractivity contribution < 1.29 is 4.79 Å². The van der Waals surface area contributed by atoms with E-state index in [1.54, 1.807) is 11.3 Å². The number of aromatic amines is 1. The molecule has 0 atom stereocenters. The van der Waals surface area contributed by atoms with E-state index < -0.39 is 0 Å². The largest absolute Gasteiger partial charge is 0.342 e. The average Bonchev–Trinajstić information content (AvgIpc) is 3.53. The summed E-state index contributed by atoms with van der Waals surface area (Å²) in [5.74, 6) is 1.47. The summed E-state index contributed by atoms with van der Waals surface area (Å²) in [6.07, 6.45) is 1.82. The topological polar surface area (TPSA) is 61.9 Å². The summed E-state index contributed by atoms with van der Waals surface area (Å²) >= 11 is 1.64. The van der Waals surface area contributed by atoms with Crippen LogP contribution in [0.15, 0.2) is 72.1 Å². The summed E-state index contributed by atoms with van der Waals surface area (Å²) in [6.45, 7) is 1.46. The quantitative estimate of drug-likeness (QED) is 0.384. The van der Waals surface area contributed by atoms with Crippen LogP contribution >= 0.6 is 11.3 Å². The lowest BCUT2D eigenvalue weighted by Gasteiger charge is -2.31. The molecule has 3 aromatic heterocycles. The maximum Gasteiger partial charge on any atom is 0.254 e. The van der Waals surface area contributed by atoms with Gasteiger partial charge in [0.2, 0.25) is 0 Å². The number of piperidine rings is 1. The summed E-state index contributed by atoms with van der Waals surface area (Å²) in [7, 11) is 0. The number of hydrogen-bond acceptors (Lipinski definition) is 4. The number of thiophene rings is 1. The summed E-state index contributed by atoms with van der Waals surface area (Å²) in [6, 6.07) is 22.1. The Morgan fingerprint density at radius 1 is 0.938 bits per heavy atom. The van der Waals surface area contributed by atoms with Gasteiger partial charge in [0.1, 0.15) is 5.82 Å². The number of rotatable bonds is 3. The third kappa shape index (κ3) is 3.37. The van der Waals surface area contributed by atoms with E-state index in [0.29, 0.717) is 5.92 Å². The molecule has 1 saturated heterocycles. The number of likely N-dealkylation sites (tertiary alicyclic amines) is 1. The number of para-hydroxylation sites is 3. The molecular formula is C26H22N4OS. The van der Waals surface area contributed by atoms with Gasteiger partial charge in [-0.05, 0) is 48.6 Å². The van der Waals surface area contributed by atoms with E-state index in [0.717, 1.165) is 69.8 Å². The van der Waals surface area contributed by atoms with Gasteiger partial charge < -0.3 is 9.88 Å². The van der Waals surface area contributed by atoms with Gasteiger partial charge in [-0.15, -0.1) is 11.3 Å². The Labute approximate surface area is 189 Å². The van der Waals surface area contributed by atoms with Crippen LogP contribution in [0.3, 0.4) is 0 Å². The van der Waals surface area contributed by atoms with E-state index in [-0.39, 0.29) is 5.91 Å². The van der Waals surface area contributed by atoms with Crippen molar-refractivity contribution in [3.8, 4) is 10.6 Å². The van der Waals surface area contributed by atoms with Gasteiger partial charge in [-0.25, -0.2) is 9.97 Å². The number of H-pyrrole nitrogens is 1. The average molecular weight is 439 g/mol.